The maximum atomic E-state index is 12.5. The van der Waals surface area contributed by atoms with Crippen LogP contribution in [0.3, 0.4) is 0 Å². The molecule has 0 aliphatic rings. The molecule has 0 atom stereocenters. The molecule has 1 amide bonds. The van der Waals surface area contributed by atoms with Crippen molar-refractivity contribution in [2.24, 2.45) is 0 Å². The summed E-state index contributed by atoms with van der Waals surface area (Å²) in [5.74, 6) is 1.50. The van der Waals surface area contributed by atoms with Gasteiger partial charge in [0.2, 0.25) is 0 Å². The molecule has 0 aliphatic heterocycles. The highest BCUT2D eigenvalue weighted by Crippen LogP contribution is 2.40. The van der Waals surface area contributed by atoms with Gasteiger partial charge >= 0.3 is 0 Å². The van der Waals surface area contributed by atoms with Gasteiger partial charge in [-0.3, -0.25) is 4.79 Å². The van der Waals surface area contributed by atoms with Crippen molar-refractivity contribution in [1.29, 1.82) is 0 Å². The van der Waals surface area contributed by atoms with E-state index in [0.717, 1.165) is 26.8 Å². The fraction of sp³-hybridized carbons (Fsp3) is 0.0741. The van der Waals surface area contributed by atoms with Gasteiger partial charge in [-0.1, -0.05) is 41.7 Å². The lowest BCUT2D eigenvalue weighted by molar-refractivity contribution is 0.102. The molecule has 37 heavy (non-hydrogen) atoms. The van der Waals surface area contributed by atoms with Gasteiger partial charge in [-0.25, -0.2) is 9.97 Å². The summed E-state index contributed by atoms with van der Waals surface area (Å²) in [4.78, 5) is 22.6. The van der Waals surface area contributed by atoms with Crippen LogP contribution in [0, 0.1) is 0 Å². The molecule has 4 N–H and O–H groups in total. The average Bonchev–Trinajstić information content (AvgIpc) is 3.56. The second-order valence-electron chi connectivity index (χ2n) is 7.87. The van der Waals surface area contributed by atoms with Crippen molar-refractivity contribution in [2.75, 3.05) is 30.6 Å². The quantitative estimate of drug-likeness (QED) is 0.210. The summed E-state index contributed by atoms with van der Waals surface area (Å²) in [6.45, 7) is 0. The number of carbonyl (C=O) groups excluding carboxylic acids is 1. The molecule has 186 valence electrons. The Hall–Kier alpha value is -4.41. The first-order chi connectivity index (χ1) is 18.0. The van der Waals surface area contributed by atoms with Gasteiger partial charge in [0.05, 0.1) is 19.9 Å². The molecule has 2 heterocycles. The van der Waals surface area contributed by atoms with Gasteiger partial charge in [-0.15, -0.1) is 11.3 Å². The first-order valence-corrected chi connectivity index (χ1v) is 12.9. The highest BCUT2D eigenvalue weighted by atomic mass is 32.1. The highest BCUT2D eigenvalue weighted by molar-refractivity contribution is 7.23. The molecular weight excluding hydrogens is 506 g/mol. The largest absolute Gasteiger partial charge is 0.493 e. The molecule has 5 aromatic rings. The number of thiazole rings is 2. The van der Waals surface area contributed by atoms with Gasteiger partial charge in [0.25, 0.3) is 5.91 Å². The third-order valence-corrected chi connectivity index (χ3v) is 7.42. The lowest BCUT2D eigenvalue weighted by Crippen LogP contribution is -2.11. The maximum absolute atomic E-state index is 12.5. The number of nitrogen functional groups attached to an aromatic ring is 1. The first-order valence-electron chi connectivity index (χ1n) is 11.2. The average molecular weight is 530 g/mol. The molecule has 0 aliphatic carbocycles. The Morgan fingerprint density at radius 2 is 1.70 bits per heavy atom. The van der Waals surface area contributed by atoms with Gasteiger partial charge in [0.1, 0.15) is 15.7 Å². The van der Waals surface area contributed by atoms with Gasteiger partial charge in [0, 0.05) is 33.9 Å². The minimum atomic E-state index is -0.163. The summed E-state index contributed by atoms with van der Waals surface area (Å²) in [6, 6.07) is 22.2. The van der Waals surface area contributed by atoms with Crippen LogP contribution in [0.2, 0.25) is 0 Å². The molecule has 0 spiro atoms. The normalized spacial score (nSPS) is 10.6. The van der Waals surface area contributed by atoms with E-state index in [2.05, 4.69) is 15.6 Å². The van der Waals surface area contributed by atoms with E-state index in [4.69, 9.17) is 20.2 Å². The first kappa shape index (κ1) is 24.3. The van der Waals surface area contributed by atoms with Crippen molar-refractivity contribution in [3.8, 4) is 32.6 Å². The molecule has 0 saturated heterocycles. The minimum absolute atomic E-state index is 0.163. The summed E-state index contributed by atoms with van der Waals surface area (Å²) in [5.41, 5.74) is 10.0. The van der Waals surface area contributed by atoms with Crippen molar-refractivity contribution in [1.82, 2.24) is 9.97 Å². The lowest BCUT2D eigenvalue weighted by Gasteiger charge is -2.09. The number of benzene rings is 3. The van der Waals surface area contributed by atoms with Gasteiger partial charge < -0.3 is 25.8 Å². The summed E-state index contributed by atoms with van der Waals surface area (Å²) in [6.07, 6.45) is 0. The second kappa shape index (κ2) is 10.7. The Morgan fingerprint density at radius 1 is 0.892 bits per heavy atom. The van der Waals surface area contributed by atoms with Crippen LogP contribution >= 0.6 is 22.7 Å². The Kier molecular flexibility index (Phi) is 7.02. The highest BCUT2D eigenvalue weighted by Gasteiger charge is 2.16. The number of amides is 1. The van der Waals surface area contributed by atoms with E-state index in [1.807, 2.05) is 66.0 Å². The molecule has 0 fully saturated rings. The number of anilines is 4. The number of ether oxygens (including phenoxy) is 2. The fourth-order valence-electron chi connectivity index (χ4n) is 3.64. The lowest BCUT2D eigenvalue weighted by atomic mass is 10.1. The van der Waals surface area contributed by atoms with Crippen LogP contribution in [0.25, 0.3) is 21.1 Å². The van der Waals surface area contributed by atoms with E-state index in [1.165, 1.54) is 22.7 Å². The van der Waals surface area contributed by atoms with Gasteiger partial charge in [-0.2, -0.15) is 0 Å². The molecule has 0 bridgehead atoms. The monoisotopic (exact) mass is 529 g/mol. The number of aromatic nitrogens is 2. The Morgan fingerprint density at radius 3 is 2.49 bits per heavy atom. The number of methoxy groups -OCH3 is 2. The molecule has 3 aromatic carbocycles. The molecule has 10 heteroatoms. The van der Waals surface area contributed by atoms with Crippen LogP contribution in [0.4, 0.5) is 22.3 Å². The summed E-state index contributed by atoms with van der Waals surface area (Å²) >= 11 is 2.91. The van der Waals surface area contributed by atoms with Crippen LogP contribution in [0.15, 0.2) is 78.2 Å². The smallest absolute Gasteiger partial charge is 0.255 e. The Bertz CT molecular complexity index is 1550. The molecule has 0 saturated carbocycles. The predicted molar refractivity (Wildman–Crippen MR) is 150 cm³/mol. The van der Waals surface area contributed by atoms with Crippen molar-refractivity contribution < 1.29 is 14.3 Å². The maximum Gasteiger partial charge on any atom is 0.255 e. The summed E-state index contributed by atoms with van der Waals surface area (Å²) < 4.78 is 10.7. The standard InChI is InChI=1S/C27H23N5O3S2/c1-34-21-12-11-19(14-22(21)35-2)30-27-32-24(28)23(37-27)26-31-20(15-36-26)17-9-6-10-18(13-17)29-25(33)16-7-4-3-5-8-16/h3-15H,28H2,1-2H3,(H,29,33)(H,30,32). The number of nitrogens with one attached hydrogen (secondary N) is 2. The van der Waals surface area contributed by atoms with E-state index in [9.17, 15) is 4.79 Å². The number of carbonyl (C=O) groups is 1. The SMILES string of the molecule is COc1ccc(Nc2nc(N)c(-c3nc(-c4cccc(NC(=O)c5ccccc5)c4)cs3)s2)cc1OC. The number of nitrogens with zero attached hydrogens (tertiary/aromatic N) is 2. The molecule has 0 unspecified atom stereocenters. The van der Waals surface area contributed by atoms with Crippen molar-refractivity contribution in [2.45, 2.75) is 0 Å². The van der Waals surface area contributed by atoms with Crippen molar-refractivity contribution in [3.05, 3.63) is 83.7 Å². The van der Waals surface area contributed by atoms with Crippen molar-refractivity contribution in [3.63, 3.8) is 0 Å². The zero-order chi connectivity index (χ0) is 25.8. The second-order valence-corrected chi connectivity index (χ2v) is 9.72. The van der Waals surface area contributed by atoms with E-state index in [-0.39, 0.29) is 5.91 Å². The van der Waals surface area contributed by atoms with Crippen LogP contribution in [0.1, 0.15) is 10.4 Å². The molecule has 5 rings (SSSR count). The third-order valence-electron chi connectivity index (χ3n) is 5.44. The minimum Gasteiger partial charge on any atom is -0.493 e. The predicted octanol–water partition coefficient (Wildman–Crippen LogP) is 6.53. The van der Waals surface area contributed by atoms with Gasteiger partial charge in [0.15, 0.2) is 16.6 Å². The van der Waals surface area contributed by atoms with E-state index in [1.54, 1.807) is 26.4 Å². The zero-order valence-corrected chi connectivity index (χ0v) is 21.7. The topological polar surface area (TPSA) is 111 Å². The van der Waals surface area contributed by atoms with Crippen molar-refractivity contribution >= 4 is 50.9 Å². The fourth-order valence-corrected chi connectivity index (χ4v) is 5.47. The van der Waals surface area contributed by atoms with Crippen LogP contribution in [-0.2, 0) is 0 Å². The molecule has 0 radical (unpaired) electrons. The summed E-state index contributed by atoms with van der Waals surface area (Å²) in [7, 11) is 3.19. The molecule has 2 aromatic heterocycles. The van der Waals surface area contributed by atoms with Crippen LogP contribution in [-0.4, -0.2) is 30.1 Å². The molecule has 8 nitrogen and oxygen atoms in total. The van der Waals surface area contributed by atoms with E-state index >= 15 is 0 Å². The summed E-state index contributed by atoms with van der Waals surface area (Å²) in [5, 5.41) is 9.58. The number of rotatable bonds is 8. The number of hydrogen-bond donors (Lipinski definition) is 3. The Labute approximate surface area is 221 Å². The van der Waals surface area contributed by atoms with E-state index < -0.39 is 0 Å². The van der Waals surface area contributed by atoms with E-state index in [0.29, 0.717) is 33.7 Å². The number of hydrogen-bond acceptors (Lipinski definition) is 9. The zero-order valence-electron chi connectivity index (χ0n) is 20.0. The van der Waals surface area contributed by atoms with Crippen LogP contribution in [0.5, 0.6) is 11.5 Å². The third kappa shape index (κ3) is 5.40. The van der Waals surface area contributed by atoms with Gasteiger partial charge in [-0.05, 0) is 36.4 Å². The Balaban J connectivity index is 1.33. The number of nitrogens with two attached hydrogens (primary N) is 1. The molecular formula is C27H23N5O3S2. The van der Waals surface area contributed by atoms with Crippen LogP contribution < -0.4 is 25.8 Å².